The number of carbonyl (C=O) groups excluding carboxylic acids is 5. The van der Waals surface area contributed by atoms with Gasteiger partial charge in [0.25, 0.3) is 0 Å². The Morgan fingerprint density at radius 2 is 1.43 bits per heavy atom. The van der Waals surface area contributed by atoms with Crippen LogP contribution >= 0.6 is 0 Å². The van der Waals surface area contributed by atoms with Crippen LogP contribution in [0.25, 0.3) is 11.1 Å². The lowest BCUT2D eigenvalue weighted by atomic mass is 9.40. The monoisotopic (exact) mass is 662 g/mol. The molecule has 6 rings (SSSR count). The van der Waals surface area contributed by atoms with Gasteiger partial charge >= 0.3 is 0 Å². The van der Waals surface area contributed by atoms with E-state index in [9.17, 15) is 34.2 Å². The number of phenolic OH excluding ortho intramolecular Hbond substituents is 1. The third-order valence-electron chi connectivity index (χ3n) is 11.8. The summed E-state index contributed by atoms with van der Waals surface area (Å²) < 4.78 is 0. The van der Waals surface area contributed by atoms with Gasteiger partial charge in [0.1, 0.15) is 17.5 Å². The van der Waals surface area contributed by atoms with Crippen LogP contribution in [0.2, 0.25) is 0 Å². The number of aliphatic hydroxyl groups is 1. The summed E-state index contributed by atoms with van der Waals surface area (Å²) >= 11 is 0. The zero-order valence-corrected chi connectivity index (χ0v) is 29.3. The zero-order valence-electron chi connectivity index (χ0n) is 29.3. The van der Waals surface area contributed by atoms with Gasteiger partial charge in [0, 0.05) is 11.3 Å². The van der Waals surface area contributed by atoms with Gasteiger partial charge in [0.15, 0.2) is 28.7 Å². The first-order chi connectivity index (χ1) is 23.0. The summed E-state index contributed by atoms with van der Waals surface area (Å²) in [6, 6.07) is 20.1. The predicted molar refractivity (Wildman–Crippen MR) is 186 cm³/mol. The Morgan fingerprint density at radius 3 is 1.98 bits per heavy atom. The number of unbranched alkanes of at least 4 members (excludes halogenated alkanes) is 1. The Kier molecular flexibility index (Phi) is 8.67. The van der Waals surface area contributed by atoms with Crippen molar-refractivity contribution in [2.45, 2.75) is 85.7 Å². The molecule has 0 saturated heterocycles. The molecule has 0 radical (unpaired) electrons. The molecule has 0 amide bonds. The fraction of sp³-hybridized carbons (Fsp3) is 0.452. The Labute approximate surface area is 288 Å². The van der Waals surface area contributed by atoms with E-state index in [0.717, 1.165) is 43.7 Å². The number of aryl methyl sites for hydroxylation is 3. The molecule has 3 aromatic carbocycles. The summed E-state index contributed by atoms with van der Waals surface area (Å²) in [6.45, 7) is 10.2. The van der Waals surface area contributed by atoms with Gasteiger partial charge in [-0.1, -0.05) is 87.9 Å². The largest absolute Gasteiger partial charge is 0.507 e. The molecule has 0 aromatic heterocycles. The molecule has 6 atom stereocenters. The SMILES string of the molecule is CC(=O)C1C(=O)C(C(C)C)[C@@]2(C)C[C@@]3(C)Cc4c(-c5ccc(CCCCc6ccc(C)cc6)cc5)ccc(O)c4C(=O)C3C(=O)[C@@]2(O)C1=O. The van der Waals surface area contributed by atoms with Crippen molar-refractivity contribution in [2.24, 2.45) is 34.5 Å². The van der Waals surface area contributed by atoms with Crippen LogP contribution in [0.15, 0.2) is 60.7 Å². The molecule has 3 aliphatic carbocycles. The highest BCUT2D eigenvalue weighted by atomic mass is 16.3. The van der Waals surface area contributed by atoms with E-state index in [-0.39, 0.29) is 30.1 Å². The van der Waals surface area contributed by atoms with Gasteiger partial charge in [0.05, 0.1) is 11.5 Å². The van der Waals surface area contributed by atoms with E-state index in [1.165, 1.54) is 22.8 Å². The van der Waals surface area contributed by atoms with Gasteiger partial charge in [-0.05, 0) is 97.6 Å². The van der Waals surface area contributed by atoms with Gasteiger partial charge in [-0.3, -0.25) is 24.0 Å². The Bertz CT molecular complexity index is 1870. The number of benzene rings is 3. The summed E-state index contributed by atoms with van der Waals surface area (Å²) in [5.74, 6) is -8.89. The average Bonchev–Trinajstić information content (AvgIpc) is 3.02. The minimum Gasteiger partial charge on any atom is -0.507 e. The molecule has 0 spiro atoms. The lowest BCUT2D eigenvalue weighted by Crippen LogP contribution is -2.76. The molecule has 3 unspecified atom stereocenters. The first-order valence-corrected chi connectivity index (χ1v) is 17.4. The summed E-state index contributed by atoms with van der Waals surface area (Å²) in [4.78, 5) is 69.1. The third-order valence-corrected chi connectivity index (χ3v) is 11.8. The van der Waals surface area contributed by atoms with Crippen molar-refractivity contribution in [3.63, 3.8) is 0 Å². The van der Waals surface area contributed by atoms with Crippen LogP contribution < -0.4 is 0 Å². The van der Waals surface area contributed by atoms with Crippen LogP contribution in [-0.2, 0) is 38.4 Å². The Hall–Kier alpha value is -4.23. The number of rotatable bonds is 8. The van der Waals surface area contributed by atoms with Gasteiger partial charge in [-0.15, -0.1) is 0 Å². The molecule has 256 valence electrons. The van der Waals surface area contributed by atoms with Gasteiger partial charge in [-0.25, -0.2) is 0 Å². The number of hydrogen-bond acceptors (Lipinski definition) is 7. The molecule has 7 nitrogen and oxygen atoms in total. The molecule has 3 aliphatic rings. The van der Waals surface area contributed by atoms with Crippen molar-refractivity contribution >= 4 is 28.9 Å². The van der Waals surface area contributed by atoms with E-state index in [2.05, 4.69) is 43.3 Å². The zero-order chi connectivity index (χ0) is 35.6. The molecule has 2 N–H and O–H groups in total. The normalized spacial score (nSPS) is 29.4. The van der Waals surface area contributed by atoms with Crippen LogP contribution in [0, 0.1) is 41.4 Å². The molecule has 2 fully saturated rings. The maximum absolute atomic E-state index is 14.5. The van der Waals surface area contributed by atoms with E-state index in [1.54, 1.807) is 33.8 Å². The molecule has 2 saturated carbocycles. The summed E-state index contributed by atoms with van der Waals surface area (Å²) in [6.07, 6.45) is 4.33. The smallest absolute Gasteiger partial charge is 0.190 e. The molecular formula is C42H46O7. The summed E-state index contributed by atoms with van der Waals surface area (Å²) in [5, 5.41) is 23.2. The lowest BCUT2D eigenvalue weighted by Gasteiger charge is -2.61. The molecular weight excluding hydrogens is 616 g/mol. The topological polar surface area (TPSA) is 126 Å². The molecule has 7 heteroatoms. The van der Waals surface area contributed by atoms with E-state index in [4.69, 9.17) is 0 Å². The standard InChI is InChI=1S/C42H46O7/c1-23(2)34-36(45)32(25(4)43)38(47)42(49)39(48)35-37(46)33-30(21-40(35,5)22-41(34,42)6)29(19-20-31(33)44)28-17-15-27(16-18-28)10-8-7-9-26-13-11-24(3)12-14-26/h11-20,23,32,34-35,44,49H,7-10,21-22H2,1-6H3/t32?,34?,35?,40-,41-,42+/m1/s1. The number of Topliss-reactive ketones (excluding diaryl/α,β-unsaturated/α-hetero) is 5. The van der Waals surface area contributed by atoms with E-state index in [0.29, 0.717) is 5.56 Å². The number of ketones is 5. The van der Waals surface area contributed by atoms with Crippen molar-refractivity contribution in [3.05, 3.63) is 88.5 Å². The summed E-state index contributed by atoms with van der Waals surface area (Å²) in [7, 11) is 0. The maximum atomic E-state index is 14.5. The fourth-order valence-corrected chi connectivity index (χ4v) is 9.67. The van der Waals surface area contributed by atoms with E-state index >= 15 is 0 Å². The van der Waals surface area contributed by atoms with E-state index < -0.39 is 63.1 Å². The summed E-state index contributed by atoms with van der Waals surface area (Å²) in [5.41, 5.74) is 0.727. The second kappa shape index (κ2) is 12.3. The highest BCUT2D eigenvalue weighted by Crippen LogP contribution is 2.64. The van der Waals surface area contributed by atoms with Crippen LogP contribution in [-0.4, -0.2) is 44.7 Å². The number of hydrogen-bond donors (Lipinski definition) is 2. The number of phenols is 1. The molecule has 0 aliphatic heterocycles. The minimum absolute atomic E-state index is 0.0172. The van der Waals surface area contributed by atoms with Crippen molar-refractivity contribution in [1.82, 2.24) is 0 Å². The minimum atomic E-state index is -2.70. The molecule has 3 aromatic rings. The van der Waals surface area contributed by atoms with Gasteiger partial charge in [-0.2, -0.15) is 0 Å². The lowest BCUT2D eigenvalue weighted by molar-refractivity contribution is -0.205. The molecule has 0 bridgehead atoms. The molecule has 49 heavy (non-hydrogen) atoms. The number of carbonyl (C=O) groups is 5. The van der Waals surface area contributed by atoms with Crippen molar-refractivity contribution < 1.29 is 34.2 Å². The highest BCUT2D eigenvalue weighted by molar-refractivity contribution is 6.32. The predicted octanol–water partition coefficient (Wildman–Crippen LogP) is 6.63. The second-order valence-electron chi connectivity index (χ2n) is 15.7. The van der Waals surface area contributed by atoms with Crippen molar-refractivity contribution in [3.8, 4) is 16.9 Å². The fourth-order valence-electron chi connectivity index (χ4n) is 9.67. The van der Waals surface area contributed by atoms with Crippen LogP contribution in [0.3, 0.4) is 0 Å². The van der Waals surface area contributed by atoms with Crippen LogP contribution in [0.1, 0.15) is 86.5 Å². The Morgan fingerprint density at radius 1 is 0.857 bits per heavy atom. The van der Waals surface area contributed by atoms with Crippen LogP contribution in [0.5, 0.6) is 5.75 Å². The van der Waals surface area contributed by atoms with Gasteiger partial charge < -0.3 is 10.2 Å². The van der Waals surface area contributed by atoms with E-state index in [1.807, 2.05) is 12.1 Å². The quantitative estimate of drug-likeness (QED) is 0.205. The highest BCUT2D eigenvalue weighted by Gasteiger charge is 2.76. The molecule has 0 heterocycles. The first kappa shape index (κ1) is 34.6. The van der Waals surface area contributed by atoms with Gasteiger partial charge in [0.2, 0.25) is 0 Å². The van der Waals surface area contributed by atoms with Crippen LogP contribution in [0.4, 0.5) is 0 Å². The average molecular weight is 663 g/mol. The second-order valence-corrected chi connectivity index (χ2v) is 15.7. The van der Waals surface area contributed by atoms with Crippen molar-refractivity contribution in [1.29, 1.82) is 0 Å². The number of aromatic hydroxyl groups is 1. The van der Waals surface area contributed by atoms with Crippen molar-refractivity contribution in [2.75, 3.05) is 0 Å². The maximum Gasteiger partial charge on any atom is 0.190 e. The number of fused-ring (bicyclic) bond motifs is 3. The first-order valence-electron chi connectivity index (χ1n) is 17.4. The Balaban J connectivity index is 1.32. The third kappa shape index (κ3) is 5.32.